The van der Waals surface area contributed by atoms with Crippen molar-refractivity contribution in [2.24, 2.45) is 5.92 Å². The van der Waals surface area contributed by atoms with E-state index in [2.05, 4.69) is 0 Å². The molecule has 0 aliphatic heterocycles. The first kappa shape index (κ1) is 20.0. The first-order chi connectivity index (χ1) is 11.4. The van der Waals surface area contributed by atoms with Gasteiger partial charge in [-0.1, -0.05) is 50.6 Å². The minimum absolute atomic E-state index is 0.0728. The average Bonchev–Trinajstić information content (AvgIpc) is 2.58. The van der Waals surface area contributed by atoms with Gasteiger partial charge in [0, 0.05) is 14.2 Å². The van der Waals surface area contributed by atoms with Crippen molar-refractivity contribution in [2.75, 3.05) is 14.2 Å². The Morgan fingerprint density at radius 2 is 1.88 bits per heavy atom. The fraction of sp³-hybridized carbons (Fsp3) is 0.556. The second kappa shape index (κ2) is 9.93. The highest BCUT2D eigenvalue weighted by Crippen LogP contribution is 2.22. The summed E-state index contributed by atoms with van der Waals surface area (Å²) in [6, 6.07) is 9.03. The molecule has 24 heavy (non-hydrogen) atoms. The van der Waals surface area contributed by atoms with Crippen molar-refractivity contribution in [3.8, 4) is 0 Å². The van der Waals surface area contributed by atoms with Gasteiger partial charge in [0.2, 0.25) is 0 Å². The third-order valence-electron chi connectivity index (χ3n) is 4.23. The van der Waals surface area contributed by atoms with E-state index in [1.54, 1.807) is 7.05 Å². The Balaban J connectivity index is 2.80. The lowest BCUT2D eigenvalue weighted by molar-refractivity contribution is -0.141. The highest BCUT2D eigenvalue weighted by atomic mass is 16.6. The second-order valence-corrected chi connectivity index (χ2v) is 5.90. The molecule has 0 bridgehead atoms. The van der Waals surface area contributed by atoms with Crippen LogP contribution in [0.2, 0.25) is 0 Å². The number of benzene rings is 1. The highest BCUT2D eigenvalue weighted by Gasteiger charge is 2.34. The van der Waals surface area contributed by atoms with Gasteiger partial charge in [0.15, 0.2) is 0 Å². The van der Waals surface area contributed by atoms with Crippen LogP contribution in [0.3, 0.4) is 0 Å². The Labute approximate surface area is 143 Å². The molecule has 0 saturated carbocycles. The van der Waals surface area contributed by atoms with E-state index in [-0.39, 0.29) is 25.0 Å². The van der Waals surface area contributed by atoms with Gasteiger partial charge in [0.05, 0.1) is 18.6 Å². The molecule has 0 unspecified atom stereocenters. The predicted molar refractivity (Wildman–Crippen MR) is 90.7 cm³/mol. The number of methoxy groups -OCH3 is 1. The van der Waals surface area contributed by atoms with E-state index in [1.807, 2.05) is 44.2 Å². The van der Waals surface area contributed by atoms with Crippen molar-refractivity contribution in [3.63, 3.8) is 0 Å². The number of carboxylic acids is 1. The molecule has 1 aromatic rings. The number of hydrogen-bond acceptors (Lipinski definition) is 4. The lowest BCUT2D eigenvalue weighted by Gasteiger charge is -2.36. The quantitative estimate of drug-likeness (QED) is 0.749. The van der Waals surface area contributed by atoms with Crippen LogP contribution in [-0.2, 0) is 20.9 Å². The van der Waals surface area contributed by atoms with Gasteiger partial charge in [-0.25, -0.2) is 4.79 Å². The second-order valence-electron chi connectivity index (χ2n) is 5.90. The van der Waals surface area contributed by atoms with Crippen LogP contribution in [0.15, 0.2) is 30.3 Å². The molecular weight excluding hydrogens is 310 g/mol. The van der Waals surface area contributed by atoms with Gasteiger partial charge in [-0.15, -0.1) is 0 Å². The van der Waals surface area contributed by atoms with Crippen LogP contribution in [0, 0.1) is 5.92 Å². The number of hydrogen-bond donors (Lipinski definition) is 1. The van der Waals surface area contributed by atoms with Gasteiger partial charge in [0.1, 0.15) is 6.61 Å². The largest absolute Gasteiger partial charge is 0.481 e. The van der Waals surface area contributed by atoms with E-state index in [4.69, 9.17) is 14.6 Å². The average molecular weight is 337 g/mol. The van der Waals surface area contributed by atoms with Gasteiger partial charge in [0.25, 0.3) is 0 Å². The van der Waals surface area contributed by atoms with Gasteiger partial charge in [-0.3, -0.25) is 4.79 Å². The molecule has 134 valence electrons. The fourth-order valence-electron chi connectivity index (χ4n) is 2.70. The maximum Gasteiger partial charge on any atom is 0.410 e. The van der Waals surface area contributed by atoms with E-state index in [1.165, 1.54) is 12.0 Å². The monoisotopic (exact) mass is 337 g/mol. The maximum atomic E-state index is 12.4. The van der Waals surface area contributed by atoms with Crippen LogP contribution >= 0.6 is 0 Å². The molecule has 0 spiro atoms. The molecule has 3 atom stereocenters. The zero-order chi connectivity index (χ0) is 18.1. The van der Waals surface area contributed by atoms with Crippen molar-refractivity contribution < 1.29 is 24.2 Å². The standard InChI is InChI=1S/C18H27NO5/c1-5-13(2)17(15(23-4)11-16(20)21)19(3)18(22)24-12-14-9-7-6-8-10-14/h6-10,13,15,17H,5,11-12H2,1-4H3,(H,20,21)/t13-,15+,17-/m0/s1. The molecule has 1 N–H and O–H groups in total. The van der Waals surface area contributed by atoms with Crippen LogP contribution in [0.1, 0.15) is 32.3 Å². The summed E-state index contributed by atoms with van der Waals surface area (Å²) < 4.78 is 10.7. The molecule has 6 heteroatoms. The van der Waals surface area contributed by atoms with Crippen LogP contribution in [0.4, 0.5) is 4.79 Å². The molecule has 0 fully saturated rings. The first-order valence-electron chi connectivity index (χ1n) is 8.08. The van der Waals surface area contributed by atoms with Gasteiger partial charge < -0.3 is 19.5 Å². The Kier molecular flexibility index (Phi) is 8.26. The molecule has 1 aromatic carbocycles. The molecule has 0 aliphatic rings. The Morgan fingerprint density at radius 3 is 2.38 bits per heavy atom. The van der Waals surface area contributed by atoms with Crippen molar-refractivity contribution >= 4 is 12.1 Å². The zero-order valence-corrected chi connectivity index (χ0v) is 14.8. The number of carboxylic acid groups (broad SMARTS) is 1. The SMILES string of the molecule is CC[C@H](C)[C@@H]([C@@H](CC(=O)O)OC)N(C)C(=O)OCc1ccccc1. The molecule has 1 amide bonds. The van der Waals surface area contributed by atoms with Crippen molar-refractivity contribution in [1.82, 2.24) is 4.90 Å². The molecule has 0 aromatic heterocycles. The molecule has 1 rings (SSSR count). The summed E-state index contributed by atoms with van der Waals surface area (Å²) in [6.45, 7) is 4.14. The van der Waals surface area contributed by atoms with Gasteiger partial charge in [-0.05, 0) is 11.5 Å². The van der Waals surface area contributed by atoms with E-state index >= 15 is 0 Å². The smallest absolute Gasteiger partial charge is 0.410 e. The Morgan fingerprint density at radius 1 is 1.25 bits per heavy atom. The van der Waals surface area contributed by atoms with Gasteiger partial charge >= 0.3 is 12.1 Å². The summed E-state index contributed by atoms with van der Waals surface area (Å²) in [5, 5.41) is 9.08. The summed E-state index contributed by atoms with van der Waals surface area (Å²) >= 11 is 0. The van der Waals surface area contributed by atoms with Crippen molar-refractivity contribution in [2.45, 2.75) is 45.4 Å². The number of nitrogens with zero attached hydrogens (tertiary/aromatic N) is 1. The molecule has 0 radical (unpaired) electrons. The Bertz CT molecular complexity index is 519. The van der Waals surface area contributed by atoms with E-state index in [0.717, 1.165) is 12.0 Å². The van der Waals surface area contributed by atoms with Crippen molar-refractivity contribution in [3.05, 3.63) is 35.9 Å². The zero-order valence-electron chi connectivity index (χ0n) is 14.8. The maximum absolute atomic E-state index is 12.4. The number of aliphatic carboxylic acids is 1. The topological polar surface area (TPSA) is 76.1 Å². The molecule has 0 saturated heterocycles. The summed E-state index contributed by atoms with van der Waals surface area (Å²) in [5.74, 6) is -0.884. The lowest BCUT2D eigenvalue weighted by Crippen LogP contribution is -2.50. The van der Waals surface area contributed by atoms with E-state index in [9.17, 15) is 9.59 Å². The summed E-state index contributed by atoms with van der Waals surface area (Å²) in [6.07, 6.45) is -0.453. The third-order valence-corrected chi connectivity index (χ3v) is 4.23. The van der Waals surface area contributed by atoms with E-state index < -0.39 is 18.2 Å². The lowest BCUT2D eigenvalue weighted by atomic mass is 9.91. The molecular formula is C18H27NO5. The minimum Gasteiger partial charge on any atom is -0.481 e. The number of ether oxygens (including phenoxy) is 2. The van der Waals surface area contributed by atoms with Crippen LogP contribution in [-0.4, -0.2) is 48.4 Å². The van der Waals surface area contributed by atoms with Gasteiger partial charge in [-0.2, -0.15) is 0 Å². The van der Waals surface area contributed by atoms with Crippen LogP contribution < -0.4 is 0 Å². The highest BCUT2D eigenvalue weighted by molar-refractivity contribution is 5.69. The number of carbonyl (C=O) groups excluding carboxylic acids is 1. The number of likely N-dealkylation sites (N-methyl/N-ethyl adjacent to an activating group) is 1. The normalized spacial score (nSPS) is 14.5. The predicted octanol–water partition coefficient (Wildman–Crippen LogP) is 3.16. The first-order valence-corrected chi connectivity index (χ1v) is 8.08. The molecule has 0 aliphatic carbocycles. The van der Waals surface area contributed by atoms with E-state index in [0.29, 0.717) is 0 Å². The van der Waals surface area contributed by atoms with Crippen LogP contribution in [0.25, 0.3) is 0 Å². The number of amides is 1. The summed E-state index contributed by atoms with van der Waals surface area (Å²) in [5.41, 5.74) is 0.896. The summed E-state index contributed by atoms with van der Waals surface area (Å²) in [7, 11) is 3.09. The van der Waals surface area contributed by atoms with Crippen LogP contribution in [0.5, 0.6) is 0 Å². The number of rotatable bonds is 9. The minimum atomic E-state index is -0.957. The van der Waals surface area contributed by atoms with Crippen molar-refractivity contribution in [1.29, 1.82) is 0 Å². The number of carbonyl (C=O) groups is 2. The molecule has 6 nitrogen and oxygen atoms in total. The third kappa shape index (κ3) is 5.85. The Hall–Kier alpha value is -2.08. The fourth-order valence-corrected chi connectivity index (χ4v) is 2.70. The molecule has 0 heterocycles. The summed E-state index contributed by atoms with van der Waals surface area (Å²) in [4.78, 5) is 24.9.